The summed E-state index contributed by atoms with van der Waals surface area (Å²) in [5, 5.41) is 4.49. The van der Waals surface area contributed by atoms with Gasteiger partial charge in [0.2, 0.25) is 0 Å². The van der Waals surface area contributed by atoms with Crippen molar-refractivity contribution in [1.29, 1.82) is 0 Å². The molecule has 0 aliphatic heterocycles. The molecule has 3 nitrogen and oxygen atoms in total. The normalized spacial score (nSPS) is 10.2. The van der Waals surface area contributed by atoms with Gasteiger partial charge in [-0.15, -0.1) is 11.3 Å². The molecule has 0 bridgehead atoms. The lowest BCUT2D eigenvalue weighted by Crippen LogP contribution is -2.11. The van der Waals surface area contributed by atoms with Crippen LogP contribution in [-0.2, 0) is 0 Å². The lowest BCUT2D eigenvalue weighted by molar-refractivity contribution is 0.103. The zero-order valence-corrected chi connectivity index (χ0v) is 12.3. The van der Waals surface area contributed by atoms with Crippen LogP contribution in [0, 0.1) is 9.39 Å². The van der Waals surface area contributed by atoms with E-state index < -0.39 is 0 Å². The third kappa shape index (κ3) is 2.99. The molecule has 1 amide bonds. The second-order valence-corrected chi connectivity index (χ2v) is 5.50. The van der Waals surface area contributed by atoms with Gasteiger partial charge in [-0.25, -0.2) is 4.39 Å². The molecule has 0 radical (unpaired) electrons. The van der Waals surface area contributed by atoms with Crippen LogP contribution in [0.5, 0.6) is 5.75 Å². The Morgan fingerprint density at radius 2 is 2.22 bits per heavy atom. The maximum Gasteiger partial charge on any atom is 0.265 e. The van der Waals surface area contributed by atoms with E-state index in [4.69, 9.17) is 4.74 Å². The molecular weight excluding hydrogens is 368 g/mol. The molecule has 0 aliphatic rings. The number of methoxy groups -OCH3 is 1. The number of hydrogen-bond acceptors (Lipinski definition) is 3. The van der Waals surface area contributed by atoms with Crippen molar-refractivity contribution in [3.05, 3.63) is 43.9 Å². The highest BCUT2D eigenvalue weighted by atomic mass is 127. The molecule has 0 aliphatic carbocycles. The van der Waals surface area contributed by atoms with E-state index in [1.54, 1.807) is 24.6 Å². The van der Waals surface area contributed by atoms with Crippen LogP contribution >= 0.6 is 33.9 Å². The predicted octanol–water partition coefficient (Wildman–Crippen LogP) is 3.75. The Morgan fingerprint density at radius 3 is 2.83 bits per heavy atom. The quantitative estimate of drug-likeness (QED) is 0.828. The third-order valence-electron chi connectivity index (χ3n) is 2.21. The fourth-order valence-electron chi connectivity index (χ4n) is 1.32. The Labute approximate surface area is 121 Å². The summed E-state index contributed by atoms with van der Waals surface area (Å²) in [4.78, 5) is 12.5. The fraction of sp³-hybridized carbons (Fsp3) is 0.0833. The number of carbonyl (C=O) groups is 1. The van der Waals surface area contributed by atoms with Crippen molar-refractivity contribution < 1.29 is 13.9 Å². The molecule has 0 unspecified atom stereocenters. The van der Waals surface area contributed by atoms with Crippen molar-refractivity contribution in [2.24, 2.45) is 0 Å². The van der Waals surface area contributed by atoms with Crippen molar-refractivity contribution >= 4 is 45.5 Å². The van der Waals surface area contributed by atoms with Crippen LogP contribution < -0.4 is 10.1 Å². The Balaban J connectivity index is 2.16. The maximum absolute atomic E-state index is 12.9. The van der Waals surface area contributed by atoms with Crippen molar-refractivity contribution in [2.75, 3.05) is 12.4 Å². The lowest BCUT2D eigenvalue weighted by atomic mass is 10.3. The minimum Gasteiger partial charge on any atom is -0.496 e. The molecule has 0 spiro atoms. The number of ether oxygens (including phenoxy) is 1. The number of carbonyl (C=O) groups excluding carboxylic acids is 1. The van der Waals surface area contributed by atoms with E-state index in [-0.39, 0.29) is 11.7 Å². The first-order valence-corrected chi connectivity index (χ1v) is 6.95. The van der Waals surface area contributed by atoms with Crippen LogP contribution in [-0.4, -0.2) is 13.0 Å². The van der Waals surface area contributed by atoms with Gasteiger partial charge in [-0.3, -0.25) is 4.79 Å². The van der Waals surface area contributed by atoms with Gasteiger partial charge in [-0.05, 0) is 40.8 Å². The van der Waals surface area contributed by atoms with Crippen LogP contribution in [0.2, 0.25) is 0 Å². The molecule has 0 fully saturated rings. The molecule has 94 valence electrons. The van der Waals surface area contributed by atoms with Gasteiger partial charge in [0.05, 0.1) is 17.7 Å². The SMILES string of the molecule is COc1csc(C(=O)Nc2ccc(F)cc2I)c1. The molecule has 1 heterocycles. The number of halogens is 2. The third-order valence-corrected chi connectivity index (χ3v) is 4.01. The molecule has 0 saturated carbocycles. The van der Waals surface area contributed by atoms with Gasteiger partial charge < -0.3 is 10.1 Å². The minimum atomic E-state index is -0.324. The van der Waals surface area contributed by atoms with Crippen LogP contribution in [0.3, 0.4) is 0 Å². The smallest absolute Gasteiger partial charge is 0.265 e. The van der Waals surface area contributed by atoms with Gasteiger partial charge in [0.25, 0.3) is 5.91 Å². The largest absolute Gasteiger partial charge is 0.496 e. The number of hydrogen-bond donors (Lipinski definition) is 1. The van der Waals surface area contributed by atoms with Crippen molar-refractivity contribution in [1.82, 2.24) is 0 Å². The minimum absolute atomic E-state index is 0.229. The predicted molar refractivity (Wildman–Crippen MR) is 77.9 cm³/mol. The highest BCUT2D eigenvalue weighted by Gasteiger charge is 2.11. The van der Waals surface area contributed by atoms with Gasteiger partial charge in [-0.2, -0.15) is 0 Å². The molecule has 0 saturated heterocycles. The van der Waals surface area contributed by atoms with Crippen molar-refractivity contribution in [2.45, 2.75) is 0 Å². The van der Waals surface area contributed by atoms with Crippen LogP contribution in [0.25, 0.3) is 0 Å². The van der Waals surface area contributed by atoms with E-state index >= 15 is 0 Å². The Kier molecular flexibility index (Phi) is 4.18. The number of anilines is 1. The highest BCUT2D eigenvalue weighted by molar-refractivity contribution is 14.1. The highest BCUT2D eigenvalue weighted by Crippen LogP contribution is 2.24. The molecule has 1 N–H and O–H groups in total. The molecule has 1 aromatic carbocycles. The van der Waals surface area contributed by atoms with Gasteiger partial charge in [-0.1, -0.05) is 0 Å². The standard InChI is InChI=1S/C12H9FINO2S/c1-17-8-5-11(18-6-8)12(16)15-10-3-2-7(13)4-9(10)14/h2-6H,1H3,(H,15,16). The van der Waals surface area contributed by atoms with Gasteiger partial charge in [0, 0.05) is 15.0 Å². The zero-order chi connectivity index (χ0) is 13.1. The number of benzene rings is 1. The summed E-state index contributed by atoms with van der Waals surface area (Å²) in [5.41, 5.74) is 0.592. The Bertz CT molecular complexity index is 585. The van der Waals surface area contributed by atoms with E-state index in [0.717, 1.165) is 0 Å². The molecule has 1 aromatic heterocycles. The number of nitrogens with one attached hydrogen (secondary N) is 1. The van der Waals surface area contributed by atoms with Gasteiger partial charge in [0.1, 0.15) is 11.6 Å². The van der Waals surface area contributed by atoms with E-state index in [2.05, 4.69) is 5.32 Å². The summed E-state index contributed by atoms with van der Waals surface area (Å²) in [5.74, 6) is 0.0990. The van der Waals surface area contributed by atoms with Crippen LogP contribution in [0.1, 0.15) is 9.67 Å². The lowest BCUT2D eigenvalue weighted by Gasteiger charge is -2.05. The Hall–Kier alpha value is -1.15. The average Bonchev–Trinajstić information content (AvgIpc) is 2.81. The number of thiophene rings is 1. The fourth-order valence-corrected chi connectivity index (χ4v) is 2.68. The van der Waals surface area contributed by atoms with Gasteiger partial charge >= 0.3 is 0 Å². The van der Waals surface area contributed by atoms with Gasteiger partial charge in [0.15, 0.2) is 0 Å². The molecular formula is C12H9FINO2S. The van der Waals surface area contributed by atoms with E-state index in [0.29, 0.717) is 19.9 Å². The second-order valence-electron chi connectivity index (χ2n) is 3.43. The average molecular weight is 377 g/mol. The Morgan fingerprint density at radius 1 is 1.44 bits per heavy atom. The molecule has 2 rings (SSSR count). The summed E-state index contributed by atoms with van der Waals surface area (Å²) in [7, 11) is 1.55. The van der Waals surface area contributed by atoms with E-state index in [9.17, 15) is 9.18 Å². The molecule has 0 atom stereocenters. The summed E-state index contributed by atoms with van der Waals surface area (Å²) < 4.78 is 18.6. The number of amides is 1. The first-order chi connectivity index (χ1) is 8.60. The summed E-state index contributed by atoms with van der Waals surface area (Å²) in [6, 6.07) is 5.88. The first kappa shape index (κ1) is 13.3. The monoisotopic (exact) mass is 377 g/mol. The topological polar surface area (TPSA) is 38.3 Å². The molecule has 2 aromatic rings. The summed E-state index contributed by atoms with van der Waals surface area (Å²) >= 11 is 3.27. The summed E-state index contributed by atoms with van der Waals surface area (Å²) in [6.45, 7) is 0. The van der Waals surface area contributed by atoms with Crippen molar-refractivity contribution in [3.8, 4) is 5.75 Å². The zero-order valence-electron chi connectivity index (χ0n) is 9.37. The first-order valence-electron chi connectivity index (χ1n) is 4.99. The second kappa shape index (κ2) is 5.66. The maximum atomic E-state index is 12.9. The molecule has 6 heteroatoms. The molecule has 18 heavy (non-hydrogen) atoms. The van der Waals surface area contributed by atoms with Crippen LogP contribution in [0.15, 0.2) is 29.6 Å². The van der Waals surface area contributed by atoms with E-state index in [1.165, 1.54) is 23.5 Å². The van der Waals surface area contributed by atoms with Crippen molar-refractivity contribution in [3.63, 3.8) is 0 Å². The van der Waals surface area contributed by atoms with E-state index in [1.807, 2.05) is 22.6 Å². The number of rotatable bonds is 3. The van der Waals surface area contributed by atoms with Crippen LogP contribution in [0.4, 0.5) is 10.1 Å². The summed E-state index contributed by atoms with van der Waals surface area (Å²) in [6.07, 6.45) is 0.